The molecule has 1 atom stereocenters. The number of hydrogen-bond acceptors (Lipinski definition) is 7. The molecular weight excluding hydrogens is 465 g/mol. The Morgan fingerprint density at radius 1 is 1.12 bits per heavy atom. The lowest BCUT2D eigenvalue weighted by atomic mass is 10.2. The number of nitrogen functional groups attached to an aromatic ring is 1. The van der Waals surface area contributed by atoms with Crippen LogP contribution in [0.1, 0.15) is 5.82 Å². The number of alkyl halides is 3. The Kier molecular flexibility index (Phi) is 5.91. The van der Waals surface area contributed by atoms with E-state index < -0.39 is 24.5 Å². The number of pyridine rings is 1. The minimum Gasteiger partial charge on any atom is -0.382 e. The third kappa shape index (κ3) is 4.73. The second kappa shape index (κ2) is 8.67. The van der Waals surface area contributed by atoms with Crippen molar-refractivity contribution in [2.45, 2.75) is 25.4 Å². The van der Waals surface area contributed by atoms with Crippen LogP contribution in [-0.2, 0) is 13.1 Å². The molecule has 0 unspecified atom stereocenters. The molecule has 0 amide bonds. The van der Waals surface area contributed by atoms with Gasteiger partial charge in [0.2, 0.25) is 0 Å². The number of anilines is 1. The maximum absolute atomic E-state index is 13.0. The molecule has 10 nitrogen and oxygen atoms in total. The molecule has 4 aromatic rings. The predicted molar refractivity (Wildman–Crippen MR) is 112 cm³/mol. The van der Waals surface area contributed by atoms with Gasteiger partial charge in [0.25, 0.3) is 0 Å². The molecule has 0 radical (unpaired) electrons. The van der Waals surface area contributed by atoms with E-state index in [4.69, 9.17) is 17.3 Å². The molecule has 0 aliphatic heterocycles. The van der Waals surface area contributed by atoms with Gasteiger partial charge in [0.05, 0.1) is 6.54 Å². The normalized spacial score (nSPS) is 12.8. The van der Waals surface area contributed by atoms with Crippen molar-refractivity contribution in [3.8, 4) is 17.1 Å². The summed E-state index contributed by atoms with van der Waals surface area (Å²) in [6.45, 7) is -1.27. The summed E-state index contributed by atoms with van der Waals surface area (Å²) in [6, 6.07) is 9.34. The van der Waals surface area contributed by atoms with E-state index >= 15 is 0 Å². The number of hydrogen-bond donors (Lipinski definition) is 2. The lowest BCUT2D eigenvalue weighted by molar-refractivity contribution is -0.207. The molecule has 33 heavy (non-hydrogen) atoms. The van der Waals surface area contributed by atoms with Crippen LogP contribution in [0, 0.1) is 0 Å². The third-order valence-electron chi connectivity index (χ3n) is 4.65. The molecular formula is C19H16ClF3N8O2. The van der Waals surface area contributed by atoms with Crippen molar-refractivity contribution in [3.05, 3.63) is 70.3 Å². The number of nitrogens with two attached hydrogens (primary N) is 1. The molecule has 4 rings (SSSR count). The van der Waals surface area contributed by atoms with Gasteiger partial charge in [-0.1, -0.05) is 11.6 Å². The fourth-order valence-corrected chi connectivity index (χ4v) is 3.15. The van der Waals surface area contributed by atoms with Crippen LogP contribution in [-0.4, -0.2) is 51.5 Å². The molecule has 0 fully saturated rings. The molecule has 0 saturated carbocycles. The summed E-state index contributed by atoms with van der Waals surface area (Å²) in [7, 11) is 0. The van der Waals surface area contributed by atoms with Crippen LogP contribution >= 0.6 is 11.6 Å². The van der Waals surface area contributed by atoms with Crippen molar-refractivity contribution in [1.29, 1.82) is 0 Å². The first-order valence-electron chi connectivity index (χ1n) is 9.43. The number of benzene rings is 1. The first-order chi connectivity index (χ1) is 15.6. The van der Waals surface area contributed by atoms with Crippen LogP contribution in [0.15, 0.2) is 53.7 Å². The second-order valence-corrected chi connectivity index (χ2v) is 7.39. The van der Waals surface area contributed by atoms with E-state index in [-0.39, 0.29) is 24.0 Å². The van der Waals surface area contributed by atoms with Gasteiger partial charge >= 0.3 is 11.9 Å². The standard InChI is InChI=1S/C19H16ClF3N8O2/c20-12-5-3-11(4-6-12)17-28-30(18(33)29(17)8-14(32)19(21,22)23)9-15-26-10-31(27-15)13-2-1-7-25-16(13)24/h1-7,10,14,32H,8-9H2,(H2,24,25)/t14-/m0/s1. The van der Waals surface area contributed by atoms with Crippen LogP contribution in [0.5, 0.6) is 0 Å². The number of nitrogens with zero attached hydrogens (tertiary/aromatic N) is 7. The van der Waals surface area contributed by atoms with Crippen molar-refractivity contribution < 1.29 is 18.3 Å². The molecule has 14 heteroatoms. The van der Waals surface area contributed by atoms with Crippen molar-refractivity contribution in [2.75, 3.05) is 5.73 Å². The topological polar surface area (TPSA) is 130 Å². The summed E-state index contributed by atoms with van der Waals surface area (Å²) in [6.07, 6.45) is -4.80. The van der Waals surface area contributed by atoms with E-state index in [2.05, 4.69) is 20.2 Å². The van der Waals surface area contributed by atoms with Gasteiger partial charge in [-0.3, -0.25) is 4.57 Å². The first-order valence-corrected chi connectivity index (χ1v) is 9.81. The molecule has 0 aliphatic rings. The zero-order valence-corrected chi connectivity index (χ0v) is 17.4. The summed E-state index contributed by atoms with van der Waals surface area (Å²) >= 11 is 5.88. The Hall–Kier alpha value is -3.71. The van der Waals surface area contributed by atoms with Gasteiger partial charge in [-0.05, 0) is 36.4 Å². The van der Waals surface area contributed by atoms with Crippen LogP contribution < -0.4 is 11.4 Å². The van der Waals surface area contributed by atoms with Crippen molar-refractivity contribution in [1.82, 2.24) is 34.1 Å². The number of rotatable bonds is 6. The Bertz CT molecular complexity index is 1330. The molecule has 3 N–H and O–H groups in total. The van der Waals surface area contributed by atoms with E-state index in [1.54, 1.807) is 12.1 Å². The van der Waals surface area contributed by atoms with Gasteiger partial charge < -0.3 is 10.8 Å². The molecule has 172 valence electrons. The number of aromatic nitrogens is 7. The predicted octanol–water partition coefficient (Wildman–Crippen LogP) is 1.89. The minimum absolute atomic E-state index is 0.0732. The summed E-state index contributed by atoms with van der Waals surface area (Å²) in [5, 5.41) is 18.3. The molecule has 0 aliphatic carbocycles. The fourth-order valence-electron chi connectivity index (χ4n) is 3.02. The highest BCUT2D eigenvalue weighted by Crippen LogP contribution is 2.24. The Morgan fingerprint density at radius 2 is 1.85 bits per heavy atom. The SMILES string of the molecule is Nc1ncccc1-n1cnc(Cn2nc(-c3ccc(Cl)cc3)n(C[C@H](O)C(F)(F)F)c2=O)n1. The maximum Gasteiger partial charge on any atom is 0.416 e. The highest BCUT2D eigenvalue weighted by atomic mass is 35.5. The van der Waals surface area contributed by atoms with Gasteiger partial charge in [-0.2, -0.15) is 13.2 Å². The van der Waals surface area contributed by atoms with Gasteiger partial charge in [0, 0.05) is 16.8 Å². The van der Waals surface area contributed by atoms with Crippen LogP contribution in [0.25, 0.3) is 17.1 Å². The second-order valence-electron chi connectivity index (χ2n) is 6.95. The molecule has 3 aromatic heterocycles. The summed E-state index contributed by atoms with van der Waals surface area (Å²) in [5.74, 6) is 0.293. The summed E-state index contributed by atoms with van der Waals surface area (Å²) in [4.78, 5) is 21.0. The Labute approximate surface area is 188 Å². The van der Waals surface area contributed by atoms with Crippen LogP contribution in [0.3, 0.4) is 0 Å². The maximum atomic E-state index is 13.0. The molecule has 3 heterocycles. The average Bonchev–Trinajstić information content (AvgIpc) is 3.34. The number of aliphatic hydroxyl groups is 1. The van der Waals surface area contributed by atoms with E-state index in [0.717, 1.165) is 9.25 Å². The van der Waals surface area contributed by atoms with Crippen LogP contribution in [0.4, 0.5) is 19.0 Å². The molecule has 0 saturated heterocycles. The molecule has 0 bridgehead atoms. The zero-order valence-electron chi connectivity index (χ0n) is 16.7. The lowest BCUT2D eigenvalue weighted by Crippen LogP contribution is -2.37. The Balaban J connectivity index is 1.71. The van der Waals surface area contributed by atoms with Gasteiger partial charge in [-0.25, -0.2) is 24.1 Å². The lowest BCUT2D eigenvalue weighted by Gasteiger charge is -2.15. The Morgan fingerprint density at radius 3 is 2.52 bits per heavy atom. The summed E-state index contributed by atoms with van der Waals surface area (Å²) < 4.78 is 41.9. The van der Waals surface area contributed by atoms with Gasteiger partial charge in [0.15, 0.2) is 17.8 Å². The first kappa shape index (κ1) is 22.5. The van der Waals surface area contributed by atoms with Crippen molar-refractivity contribution in [2.24, 2.45) is 0 Å². The smallest absolute Gasteiger partial charge is 0.382 e. The monoisotopic (exact) mass is 480 g/mol. The third-order valence-corrected chi connectivity index (χ3v) is 4.90. The fraction of sp³-hybridized carbons (Fsp3) is 0.211. The van der Waals surface area contributed by atoms with E-state index in [9.17, 15) is 23.1 Å². The number of aliphatic hydroxyl groups excluding tert-OH is 1. The summed E-state index contributed by atoms with van der Waals surface area (Å²) in [5.41, 5.74) is 5.75. The van der Waals surface area contributed by atoms with Crippen molar-refractivity contribution in [3.63, 3.8) is 0 Å². The largest absolute Gasteiger partial charge is 0.416 e. The zero-order chi connectivity index (χ0) is 23.8. The van der Waals surface area contributed by atoms with Crippen LogP contribution in [0.2, 0.25) is 5.02 Å². The highest BCUT2D eigenvalue weighted by molar-refractivity contribution is 6.30. The molecule has 0 spiro atoms. The van der Waals surface area contributed by atoms with Gasteiger partial charge in [0.1, 0.15) is 24.4 Å². The van der Waals surface area contributed by atoms with E-state index in [1.165, 1.54) is 41.5 Å². The van der Waals surface area contributed by atoms with Crippen molar-refractivity contribution >= 4 is 17.4 Å². The highest BCUT2D eigenvalue weighted by Gasteiger charge is 2.39. The quantitative estimate of drug-likeness (QED) is 0.431. The van der Waals surface area contributed by atoms with E-state index in [1.807, 2.05) is 0 Å². The van der Waals surface area contributed by atoms with E-state index in [0.29, 0.717) is 16.3 Å². The number of halogens is 4. The average molecular weight is 481 g/mol. The molecule has 1 aromatic carbocycles. The minimum atomic E-state index is -4.91. The van der Waals surface area contributed by atoms with Gasteiger partial charge in [-0.15, -0.1) is 10.2 Å².